The minimum atomic E-state index is -1.13. The second kappa shape index (κ2) is 6.04. The van der Waals surface area contributed by atoms with Crippen molar-refractivity contribution in [3.8, 4) is 11.1 Å². The topological polar surface area (TPSA) is 29.1 Å². The van der Waals surface area contributed by atoms with Crippen molar-refractivity contribution in [1.82, 2.24) is 0 Å². The molecule has 0 aliphatic heterocycles. The van der Waals surface area contributed by atoms with Gasteiger partial charge in [-0.25, -0.2) is 4.39 Å². The molecule has 1 amide bonds. The lowest BCUT2D eigenvalue weighted by Gasteiger charge is -2.08. The first kappa shape index (κ1) is 13.8. The van der Waals surface area contributed by atoms with Crippen LogP contribution in [-0.4, -0.2) is 10.7 Å². The molecule has 0 aliphatic rings. The Labute approximate surface area is 120 Å². The molecule has 0 aromatic heterocycles. The van der Waals surface area contributed by atoms with Crippen LogP contribution in [0.15, 0.2) is 48.5 Å². The number of carbonyl (C=O) groups excluding carboxylic acids is 1. The second-order valence-corrected chi connectivity index (χ2v) is 4.98. The Balaban J connectivity index is 2.27. The molecule has 0 unspecified atom stereocenters. The highest BCUT2D eigenvalue weighted by molar-refractivity contribution is 6.54. The fraction of sp³-hybridized carbons (Fsp3) is 0.0714. The maximum Gasteiger partial charge on any atom is 0.257 e. The molecule has 1 N–H and O–H groups in total. The lowest BCUT2D eigenvalue weighted by atomic mass is 10.1. The van der Waals surface area contributed by atoms with Crippen LogP contribution in [-0.2, 0) is 4.79 Å². The average Bonchev–Trinajstić information content (AvgIpc) is 2.39. The molecule has 0 atom stereocenters. The van der Waals surface area contributed by atoms with Gasteiger partial charge in [0.25, 0.3) is 5.91 Å². The minimum Gasteiger partial charge on any atom is -0.324 e. The number of carbonyl (C=O) groups is 1. The normalized spacial score (nSPS) is 10.5. The van der Waals surface area contributed by atoms with Crippen LogP contribution in [0.5, 0.6) is 0 Å². The predicted molar refractivity (Wildman–Crippen MR) is 76.0 cm³/mol. The highest BCUT2D eigenvalue weighted by Gasteiger charge is 2.11. The number of amides is 1. The summed E-state index contributed by atoms with van der Waals surface area (Å²) in [5.74, 6) is -0.812. The van der Waals surface area contributed by atoms with Gasteiger partial charge in [-0.1, -0.05) is 47.5 Å². The van der Waals surface area contributed by atoms with E-state index < -0.39 is 10.7 Å². The lowest BCUT2D eigenvalue weighted by Crippen LogP contribution is -2.18. The molecule has 2 aromatic rings. The number of halogens is 3. The molecule has 2 aromatic carbocycles. The van der Waals surface area contributed by atoms with Crippen LogP contribution in [0, 0.1) is 5.82 Å². The van der Waals surface area contributed by atoms with Crippen LogP contribution in [0.1, 0.15) is 0 Å². The SMILES string of the molecule is O=C(Nc1cccc(-c2cccc(F)c2)c1)C(Cl)Cl. The predicted octanol–water partition coefficient (Wildman–Crippen LogP) is 4.23. The highest BCUT2D eigenvalue weighted by Crippen LogP contribution is 2.23. The molecule has 0 radical (unpaired) electrons. The summed E-state index contributed by atoms with van der Waals surface area (Å²) in [4.78, 5) is 10.3. The van der Waals surface area contributed by atoms with E-state index in [4.69, 9.17) is 23.2 Å². The largest absolute Gasteiger partial charge is 0.324 e. The van der Waals surface area contributed by atoms with Gasteiger partial charge >= 0.3 is 0 Å². The van der Waals surface area contributed by atoms with E-state index in [1.54, 1.807) is 30.3 Å². The summed E-state index contributed by atoms with van der Waals surface area (Å²) in [5, 5.41) is 2.57. The Kier molecular flexibility index (Phi) is 4.40. The zero-order valence-corrected chi connectivity index (χ0v) is 11.3. The first-order chi connectivity index (χ1) is 9.06. The van der Waals surface area contributed by atoms with Crippen LogP contribution in [0.3, 0.4) is 0 Å². The number of alkyl halides is 2. The summed E-state index contributed by atoms with van der Waals surface area (Å²) in [6.45, 7) is 0. The maximum absolute atomic E-state index is 13.2. The van der Waals surface area contributed by atoms with Gasteiger partial charge in [0, 0.05) is 5.69 Å². The smallest absolute Gasteiger partial charge is 0.257 e. The molecule has 0 aliphatic carbocycles. The van der Waals surface area contributed by atoms with Crippen molar-refractivity contribution in [2.45, 2.75) is 4.84 Å². The van der Waals surface area contributed by atoms with E-state index in [1.807, 2.05) is 6.07 Å². The van der Waals surface area contributed by atoms with Crippen molar-refractivity contribution in [2.24, 2.45) is 0 Å². The van der Waals surface area contributed by atoms with Gasteiger partial charge in [0.05, 0.1) is 0 Å². The van der Waals surface area contributed by atoms with E-state index in [2.05, 4.69) is 5.32 Å². The molecule has 0 heterocycles. The van der Waals surface area contributed by atoms with Crippen molar-refractivity contribution < 1.29 is 9.18 Å². The maximum atomic E-state index is 13.2. The van der Waals surface area contributed by atoms with Crippen LogP contribution < -0.4 is 5.32 Å². The van der Waals surface area contributed by atoms with Gasteiger partial charge in [0.1, 0.15) is 5.82 Å². The average molecular weight is 298 g/mol. The highest BCUT2D eigenvalue weighted by atomic mass is 35.5. The van der Waals surface area contributed by atoms with Crippen molar-refractivity contribution in [1.29, 1.82) is 0 Å². The van der Waals surface area contributed by atoms with Crippen molar-refractivity contribution >= 4 is 34.8 Å². The summed E-state index contributed by atoms with van der Waals surface area (Å²) in [5.41, 5.74) is 2.07. The number of rotatable bonds is 3. The van der Waals surface area contributed by atoms with Gasteiger partial charge < -0.3 is 5.32 Å². The van der Waals surface area contributed by atoms with Crippen LogP contribution in [0.25, 0.3) is 11.1 Å². The van der Waals surface area contributed by atoms with E-state index in [9.17, 15) is 9.18 Å². The van der Waals surface area contributed by atoms with Gasteiger partial charge in [-0.3, -0.25) is 4.79 Å². The van der Waals surface area contributed by atoms with Gasteiger partial charge in [-0.05, 0) is 35.4 Å². The molecule has 2 nitrogen and oxygen atoms in total. The summed E-state index contributed by atoms with van der Waals surface area (Å²) in [6.07, 6.45) is 0. The second-order valence-electron chi connectivity index (χ2n) is 3.88. The molecule has 19 heavy (non-hydrogen) atoms. The fourth-order valence-electron chi connectivity index (χ4n) is 1.64. The van der Waals surface area contributed by atoms with Crippen LogP contribution in [0.2, 0.25) is 0 Å². The third-order valence-corrected chi connectivity index (χ3v) is 2.88. The molecular weight excluding hydrogens is 288 g/mol. The molecule has 0 fully saturated rings. The van der Waals surface area contributed by atoms with Crippen LogP contribution in [0.4, 0.5) is 10.1 Å². The molecular formula is C14H10Cl2FNO. The summed E-state index contributed by atoms with van der Waals surface area (Å²) < 4.78 is 13.2. The molecule has 0 spiro atoms. The third-order valence-electron chi connectivity index (χ3n) is 2.49. The number of hydrogen-bond donors (Lipinski definition) is 1. The van der Waals surface area contributed by atoms with Crippen molar-refractivity contribution in [3.63, 3.8) is 0 Å². The molecule has 0 bridgehead atoms. The van der Waals surface area contributed by atoms with Gasteiger partial charge in [-0.15, -0.1) is 0 Å². The lowest BCUT2D eigenvalue weighted by molar-refractivity contribution is -0.114. The van der Waals surface area contributed by atoms with Crippen molar-refractivity contribution in [3.05, 3.63) is 54.3 Å². The van der Waals surface area contributed by atoms with Crippen molar-refractivity contribution in [2.75, 3.05) is 5.32 Å². The zero-order valence-electron chi connectivity index (χ0n) is 9.74. The monoisotopic (exact) mass is 297 g/mol. The number of benzene rings is 2. The van der Waals surface area contributed by atoms with Crippen LogP contribution >= 0.6 is 23.2 Å². The Hall–Kier alpha value is -1.58. The molecule has 0 saturated heterocycles. The van der Waals surface area contributed by atoms with E-state index in [0.717, 1.165) is 11.1 Å². The Bertz CT molecular complexity index is 602. The molecule has 0 saturated carbocycles. The standard InChI is InChI=1S/C14H10Cl2FNO/c15-13(16)14(19)18-12-6-2-4-10(8-12)9-3-1-5-11(17)7-9/h1-8,13H,(H,18,19). The summed E-state index contributed by atoms with van der Waals surface area (Å²) >= 11 is 10.9. The van der Waals surface area contributed by atoms with Gasteiger partial charge in [0.2, 0.25) is 0 Å². The van der Waals surface area contributed by atoms with Gasteiger partial charge in [0.15, 0.2) is 4.84 Å². The number of nitrogens with one attached hydrogen (secondary N) is 1. The van der Waals surface area contributed by atoms with E-state index >= 15 is 0 Å². The van der Waals surface area contributed by atoms with E-state index in [0.29, 0.717) is 5.69 Å². The molecule has 5 heteroatoms. The first-order valence-corrected chi connectivity index (χ1v) is 6.38. The number of anilines is 1. The Morgan fingerprint density at radius 2 is 1.68 bits per heavy atom. The first-order valence-electron chi connectivity index (χ1n) is 5.51. The zero-order chi connectivity index (χ0) is 13.8. The van der Waals surface area contributed by atoms with E-state index in [1.165, 1.54) is 12.1 Å². The fourth-order valence-corrected chi connectivity index (χ4v) is 1.75. The van der Waals surface area contributed by atoms with E-state index in [-0.39, 0.29) is 5.82 Å². The Morgan fingerprint density at radius 3 is 2.32 bits per heavy atom. The Morgan fingerprint density at radius 1 is 1.05 bits per heavy atom. The molecule has 2 rings (SSSR count). The van der Waals surface area contributed by atoms with Gasteiger partial charge in [-0.2, -0.15) is 0 Å². The molecule has 98 valence electrons. The minimum absolute atomic E-state index is 0.312. The third kappa shape index (κ3) is 3.69. The summed E-state index contributed by atoms with van der Waals surface area (Å²) in [7, 11) is 0. The summed E-state index contributed by atoms with van der Waals surface area (Å²) in [6, 6.07) is 13.2. The number of hydrogen-bond acceptors (Lipinski definition) is 1. The quantitative estimate of drug-likeness (QED) is 0.844.